The Balaban J connectivity index is 1.57. The second kappa shape index (κ2) is 8.79. The third-order valence-corrected chi connectivity index (χ3v) is 5.70. The maximum absolute atomic E-state index is 12.9. The number of nitrogens with two attached hydrogens (primary N) is 1. The Morgan fingerprint density at radius 2 is 1.88 bits per heavy atom. The molecule has 3 rings (SSSR count). The quantitative estimate of drug-likeness (QED) is 0.905. The van der Waals surface area contributed by atoms with E-state index in [1.54, 1.807) is 0 Å². The third-order valence-electron chi connectivity index (χ3n) is 5.70. The third kappa shape index (κ3) is 4.81. The standard InChI is InChI=1S/C20H31N3O2/c1-16-7-10-22(20(24)19(21)18-8-13-25-14-9-18)11-12-23(16)15-17-5-3-2-4-6-17/h2-6,16,18-19H,7-15,21H2,1H3. The minimum atomic E-state index is -0.375. The maximum Gasteiger partial charge on any atom is 0.239 e. The van der Waals surface area contributed by atoms with Crippen molar-refractivity contribution < 1.29 is 9.53 Å². The highest BCUT2D eigenvalue weighted by molar-refractivity contribution is 5.82. The van der Waals surface area contributed by atoms with E-state index in [4.69, 9.17) is 10.5 Å². The largest absolute Gasteiger partial charge is 0.381 e. The molecule has 5 nitrogen and oxygen atoms in total. The minimum Gasteiger partial charge on any atom is -0.381 e. The minimum absolute atomic E-state index is 0.126. The lowest BCUT2D eigenvalue weighted by atomic mass is 9.91. The SMILES string of the molecule is CC1CCN(C(=O)C(N)C2CCOCC2)CCN1Cc1ccccc1. The van der Waals surface area contributed by atoms with E-state index in [2.05, 4.69) is 36.1 Å². The summed E-state index contributed by atoms with van der Waals surface area (Å²) < 4.78 is 5.39. The molecule has 2 aliphatic rings. The predicted molar refractivity (Wildman–Crippen MR) is 99.0 cm³/mol. The molecule has 2 fully saturated rings. The maximum atomic E-state index is 12.9. The normalized spacial score (nSPS) is 24.7. The van der Waals surface area contributed by atoms with Gasteiger partial charge in [0.05, 0.1) is 6.04 Å². The number of rotatable bonds is 4. The van der Waals surface area contributed by atoms with E-state index in [0.717, 1.165) is 58.7 Å². The monoisotopic (exact) mass is 345 g/mol. The fourth-order valence-electron chi connectivity index (χ4n) is 3.87. The summed E-state index contributed by atoms with van der Waals surface area (Å²) in [6, 6.07) is 10.6. The number of benzene rings is 1. The van der Waals surface area contributed by atoms with Gasteiger partial charge in [-0.15, -0.1) is 0 Å². The Morgan fingerprint density at radius 1 is 1.16 bits per heavy atom. The van der Waals surface area contributed by atoms with Crippen molar-refractivity contribution >= 4 is 5.91 Å². The van der Waals surface area contributed by atoms with Crippen LogP contribution in [0.3, 0.4) is 0 Å². The van der Waals surface area contributed by atoms with E-state index < -0.39 is 0 Å². The van der Waals surface area contributed by atoms with Gasteiger partial charge >= 0.3 is 0 Å². The predicted octanol–water partition coefficient (Wildman–Crippen LogP) is 1.86. The van der Waals surface area contributed by atoms with E-state index in [1.807, 2.05) is 11.0 Å². The highest BCUT2D eigenvalue weighted by Crippen LogP contribution is 2.21. The molecule has 2 N–H and O–H groups in total. The van der Waals surface area contributed by atoms with Gasteiger partial charge in [0.25, 0.3) is 0 Å². The topological polar surface area (TPSA) is 58.8 Å². The Bertz CT molecular complexity index is 545. The first kappa shape index (κ1) is 18.4. The molecule has 2 unspecified atom stereocenters. The van der Waals surface area contributed by atoms with Crippen LogP contribution < -0.4 is 5.73 Å². The molecular weight excluding hydrogens is 314 g/mol. The van der Waals surface area contributed by atoms with Gasteiger partial charge in [-0.3, -0.25) is 9.69 Å². The molecular formula is C20H31N3O2. The molecule has 0 bridgehead atoms. The van der Waals surface area contributed by atoms with Crippen LogP contribution in [0, 0.1) is 5.92 Å². The number of hydrogen-bond acceptors (Lipinski definition) is 4. The van der Waals surface area contributed by atoms with Gasteiger partial charge < -0.3 is 15.4 Å². The van der Waals surface area contributed by atoms with Crippen LogP contribution in [0.5, 0.6) is 0 Å². The number of hydrogen-bond donors (Lipinski definition) is 1. The molecule has 0 radical (unpaired) electrons. The molecule has 2 aliphatic heterocycles. The van der Waals surface area contributed by atoms with Crippen molar-refractivity contribution in [2.45, 2.75) is 44.8 Å². The van der Waals surface area contributed by atoms with E-state index in [1.165, 1.54) is 5.56 Å². The van der Waals surface area contributed by atoms with Gasteiger partial charge in [0.15, 0.2) is 0 Å². The van der Waals surface area contributed by atoms with Crippen molar-refractivity contribution in [3.05, 3.63) is 35.9 Å². The molecule has 0 spiro atoms. The summed E-state index contributed by atoms with van der Waals surface area (Å²) in [5, 5.41) is 0. The van der Waals surface area contributed by atoms with E-state index in [9.17, 15) is 4.79 Å². The van der Waals surface area contributed by atoms with Crippen molar-refractivity contribution in [2.24, 2.45) is 11.7 Å². The lowest BCUT2D eigenvalue weighted by molar-refractivity contribution is -0.134. The second-order valence-electron chi connectivity index (χ2n) is 7.39. The summed E-state index contributed by atoms with van der Waals surface area (Å²) in [5.41, 5.74) is 7.63. The lowest BCUT2D eigenvalue weighted by Gasteiger charge is -2.31. The van der Waals surface area contributed by atoms with Gasteiger partial charge in [0.1, 0.15) is 0 Å². The average molecular weight is 345 g/mol. The zero-order valence-corrected chi connectivity index (χ0v) is 15.3. The van der Waals surface area contributed by atoms with Crippen LogP contribution in [0.1, 0.15) is 31.7 Å². The Labute approximate surface area is 151 Å². The van der Waals surface area contributed by atoms with Crippen LogP contribution in [0.2, 0.25) is 0 Å². The van der Waals surface area contributed by atoms with Gasteiger partial charge in [-0.05, 0) is 37.7 Å². The number of ether oxygens (including phenoxy) is 1. The van der Waals surface area contributed by atoms with Crippen molar-refractivity contribution in [3.63, 3.8) is 0 Å². The fraction of sp³-hybridized carbons (Fsp3) is 0.650. The molecule has 2 saturated heterocycles. The molecule has 0 aromatic heterocycles. The van der Waals surface area contributed by atoms with Crippen LogP contribution in [-0.2, 0) is 16.1 Å². The van der Waals surface area contributed by atoms with Crippen molar-refractivity contribution in [2.75, 3.05) is 32.8 Å². The first-order chi connectivity index (χ1) is 12.1. The summed E-state index contributed by atoms with van der Waals surface area (Å²) in [4.78, 5) is 17.3. The average Bonchev–Trinajstić information content (AvgIpc) is 2.84. The van der Waals surface area contributed by atoms with E-state index in [0.29, 0.717) is 6.04 Å². The molecule has 1 aromatic carbocycles. The molecule has 138 valence electrons. The molecule has 5 heteroatoms. The van der Waals surface area contributed by atoms with Crippen LogP contribution in [0.25, 0.3) is 0 Å². The van der Waals surface area contributed by atoms with Gasteiger partial charge in [0, 0.05) is 45.4 Å². The highest BCUT2D eigenvalue weighted by Gasteiger charge is 2.31. The molecule has 2 atom stereocenters. The first-order valence-electron chi connectivity index (χ1n) is 9.55. The summed E-state index contributed by atoms with van der Waals surface area (Å²) in [6.45, 7) is 7.14. The first-order valence-corrected chi connectivity index (χ1v) is 9.55. The molecule has 1 amide bonds. The summed E-state index contributed by atoms with van der Waals surface area (Å²) in [7, 11) is 0. The molecule has 0 saturated carbocycles. The van der Waals surface area contributed by atoms with Crippen molar-refractivity contribution in [3.8, 4) is 0 Å². The smallest absolute Gasteiger partial charge is 0.239 e. The van der Waals surface area contributed by atoms with Crippen LogP contribution in [0.15, 0.2) is 30.3 Å². The summed E-state index contributed by atoms with van der Waals surface area (Å²) in [6.07, 6.45) is 2.80. The zero-order valence-electron chi connectivity index (χ0n) is 15.3. The number of nitrogens with zero attached hydrogens (tertiary/aromatic N) is 2. The van der Waals surface area contributed by atoms with Crippen molar-refractivity contribution in [1.29, 1.82) is 0 Å². The number of carbonyl (C=O) groups excluding carboxylic acids is 1. The molecule has 25 heavy (non-hydrogen) atoms. The van der Waals surface area contributed by atoms with Crippen LogP contribution in [0.4, 0.5) is 0 Å². The Morgan fingerprint density at radius 3 is 2.60 bits per heavy atom. The lowest BCUT2D eigenvalue weighted by Crippen LogP contribution is -2.49. The van der Waals surface area contributed by atoms with Crippen LogP contribution >= 0.6 is 0 Å². The number of carbonyl (C=O) groups is 1. The van der Waals surface area contributed by atoms with E-state index >= 15 is 0 Å². The van der Waals surface area contributed by atoms with Gasteiger partial charge in [-0.25, -0.2) is 0 Å². The Kier molecular flexibility index (Phi) is 6.45. The van der Waals surface area contributed by atoms with Gasteiger partial charge in [-0.1, -0.05) is 30.3 Å². The fourth-order valence-corrected chi connectivity index (χ4v) is 3.87. The zero-order chi connectivity index (χ0) is 17.6. The second-order valence-corrected chi connectivity index (χ2v) is 7.39. The van der Waals surface area contributed by atoms with E-state index in [-0.39, 0.29) is 17.9 Å². The van der Waals surface area contributed by atoms with Crippen LogP contribution in [-0.4, -0.2) is 60.6 Å². The van der Waals surface area contributed by atoms with Crippen molar-refractivity contribution in [1.82, 2.24) is 9.80 Å². The van der Waals surface area contributed by atoms with Gasteiger partial charge in [-0.2, -0.15) is 0 Å². The molecule has 1 aromatic rings. The molecule has 0 aliphatic carbocycles. The van der Waals surface area contributed by atoms with Gasteiger partial charge in [0.2, 0.25) is 5.91 Å². The highest BCUT2D eigenvalue weighted by atomic mass is 16.5. The number of amides is 1. The molecule has 2 heterocycles. The summed E-state index contributed by atoms with van der Waals surface area (Å²) >= 11 is 0. The summed E-state index contributed by atoms with van der Waals surface area (Å²) in [5.74, 6) is 0.392. The Hall–Kier alpha value is -1.43.